The van der Waals surface area contributed by atoms with Crippen LogP contribution in [0.1, 0.15) is 21.7 Å². The van der Waals surface area contributed by atoms with Gasteiger partial charge in [-0.1, -0.05) is 29.3 Å². The van der Waals surface area contributed by atoms with Crippen LogP contribution in [0.3, 0.4) is 0 Å². The van der Waals surface area contributed by atoms with E-state index in [4.69, 9.17) is 28.3 Å². The number of halogens is 6. The van der Waals surface area contributed by atoms with E-state index >= 15 is 0 Å². The highest BCUT2D eigenvalue weighted by Gasteiger charge is 2.38. The number of nitrogens with zero attached hydrogens (tertiary/aromatic N) is 3. The van der Waals surface area contributed by atoms with Crippen LogP contribution in [0.4, 0.5) is 18.9 Å². The number of alkyl halides is 3. The van der Waals surface area contributed by atoms with Gasteiger partial charge in [-0.15, -0.1) is 12.4 Å². The van der Waals surface area contributed by atoms with E-state index in [1.807, 2.05) is 0 Å². The van der Waals surface area contributed by atoms with E-state index in [1.165, 1.54) is 39.8 Å². The SMILES string of the molecule is CN(CCO)Cc1c(C(F)(F)F)nc2c(NC(=O)c3c(Cl)cccc3Cl)cccn12.Cl. The predicted octanol–water partition coefficient (Wildman–Crippen LogP) is 4.76. The fourth-order valence-corrected chi connectivity index (χ4v) is 3.57. The second kappa shape index (κ2) is 10.1. The number of rotatable bonds is 6. The van der Waals surface area contributed by atoms with Crippen LogP contribution in [0.5, 0.6) is 0 Å². The lowest BCUT2D eigenvalue weighted by molar-refractivity contribution is -0.141. The molecular weight excluding hydrogens is 480 g/mol. The minimum atomic E-state index is -4.70. The number of amides is 1. The minimum absolute atomic E-state index is 0. The van der Waals surface area contributed by atoms with Gasteiger partial charge in [-0.2, -0.15) is 13.2 Å². The summed E-state index contributed by atoms with van der Waals surface area (Å²) in [6, 6.07) is 7.46. The van der Waals surface area contributed by atoms with Crippen LogP contribution in [0.2, 0.25) is 10.0 Å². The summed E-state index contributed by atoms with van der Waals surface area (Å²) < 4.78 is 42.1. The number of hydrogen-bond donors (Lipinski definition) is 2. The molecule has 2 N–H and O–H groups in total. The summed E-state index contributed by atoms with van der Waals surface area (Å²) in [6.45, 7) is -0.120. The second-order valence-corrected chi connectivity index (χ2v) is 7.35. The van der Waals surface area contributed by atoms with Gasteiger partial charge in [0, 0.05) is 19.3 Å². The number of aliphatic hydroxyl groups is 1. The quantitative estimate of drug-likeness (QED) is 0.515. The number of likely N-dealkylation sites (N-methyl/N-ethyl adjacent to an activating group) is 1. The van der Waals surface area contributed by atoms with Crippen LogP contribution in [-0.2, 0) is 12.7 Å². The van der Waals surface area contributed by atoms with E-state index < -0.39 is 17.8 Å². The Kier molecular flexibility index (Phi) is 8.18. The summed E-state index contributed by atoms with van der Waals surface area (Å²) in [4.78, 5) is 18.0. The lowest BCUT2D eigenvalue weighted by Crippen LogP contribution is -2.24. The van der Waals surface area contributed by atoms with E-state index in [9.17, 15) is 18.0 Å². The molecule has 0 atom stereocenters. The first-order valence-electron chi connectivity index (χ1n) is 8.75. The van der Waals surface area contributed by atoms with Gasteiger partial charge in [0.25, 0.3) is 5.91 Å². The molecule has 0 radical (unpaired) electrons. The molecule has 2 aromatic heterocycles. The molecule has 168 valence electrons. The Hall–Kier alpha value is -2.04. The van der Waals surface area contributed by atoms with Crippen LogP contribution in [0.15, 0.2) is 36.5 Å². The fraction of sp³-hybridized carbons (Fsp3) is 0.263. The zero-order valence-electron chi connectivity index (χ0n) is 16.1. The lowest BCUT2D eigenvalue weighted by Gasteiger charge is -2.16. The molecule has 0 aliphatic carbocycles. The smallest absolute Gasteiger partial charge is 0.395 e. The highest BCUT2D eigenvalue weighted by Crippen LogP contribution is 2.34. The van der Waals surface area contributed by atoms with Crippen LogP contribution < -0.4 is 5.32 Å². The molecule has 3 rings (SSSR count). The standard InChI is InChI=1S/C19H17Cl2F3N4O2.ClH/c1-27(8-9-29)10-14-16(19(22,23)24)26-17-13(6-3-7-28(14)17)25-18(30)15-11(20)4-2-5-12(15)21;/h2-7,29H,8-10H2,1H3,(H,25,30);1H. The molecule has 3 aromatic rings. The van der Waals surface area contributed by atoms with Crippen molar-refractivity contribution in [3.63, 3.8) is 0 Å². The number of carbonyl (C=O) groups excluding carboxylic acids is 1. The van der Waals surface area contributed by atoms with Gasteiger partial charge in [0.2, 0.25) is 0 Å². The number of hydrogen-bond acceptors (Lipinski definition) is 4. The average Bonchev–Trinajstić information content (AvgIpc) is 3.02. The summed E-state index contributed by atoms with van der Waals surface area (Å²) in [6.07, 6.45) is -3.27. The molecule has 0 fully saturated rings. The van der Waals surface area contributed by atoms with Crippen LogP contribution >= 0.6 is 35.6 Å². The predicted molar refractivity (Wildman–Crippen MR) is 115 cm³/mol. The maximum absolute atomic E-state index is 13.6. The van der Waals surface area contributed by atoms with Crippen LogP contribution in [0, 0.1) is 0 Å². The van der Waals surface area contributed by atoms with Gasteiger partial charge in [-0.25, -0.2) is 4.98 Å². The molecule has 1 aromatic carbocycles. The number of aromatic nitrogens is 2. The van der Waals surface area contributed by atoms with Gasteiger partial charge >= 0.3 is 6.18 Å². The first-order valence-corrected chi connectivity index (χ1v) is 9.51. The average molecular weight is 498 g/mol. The van der Waals surface area contributed by atoms with Gasteiger partial charge in [-0.05, 0) is 31.3 Å². The molecule has 0 aliphatic rings. The summed E-state index contributed by atoms with van der Waals surface area (Å²) in [5, 5.41) is 11.8. The maximum atomic E-state index is 13.6. The van der Waals surface area contributed by atoms with Crippen molar-refractivity contribution in [2.24, 2.45) is 0 Å². The molecule has 6 nitrogen and oxygen atoms in total. The lowest BCUT2D eigenvalue weighted by atomic mass is 10.2. The highest BCUT2D eigenvalue weighted by atomic mass is 35.5. The first kappa shape index (κ1) is 25.2. The zero-order chi connectivity index (χ0) is 22.1. The van der Waals surface area contributed by atoms with E-state index in [2.05, 4.69) is 10.3 Å². The molecule has 0 saturated carbocycles. The number of aliphatic hydroxyl groups excluding tert-OH is 1. The molecule has 1 amide bonds. The van der Waals surface area contributed by atoms with Crippen molar-refractivity contribution in [2.75, 3.05) is 25.5 Å². The Labute approximate surface area is 192 Å². The number of carbonyl (C=O) groups is 1. The molecule has 2 heterocycles. The molecule has 0 bridgehead atoms. The highest BCUT2D eigenvalue weighted by molar-refractivity contribution is 6.40. The molecule has 12 heteroatoms. The van der Waals surface area contributed by atoms with Crippen LogP contribution in [0.25, 0.3) is 5.65 Å². The van der Waals surface area contributed by atoms with Crippen molar-refractivity contribution < 1.29 is 23.1 Å². The Bertz CT molecular complexity index is 1070. The maximum Gasteiger partial charge on any atom is 0.435 e. The van der Waals surface area contributed by atoms with E-state index in [0.717, 1.165) is 0 Å². The zero-order valence-corrected chi connectivity index (χ0v) is 18.4. The largest absolute Gasteiger partial charge is 0.435 e. The Morgan fingerprint density at radius 1 is 1.23 bits per heavy atom. The molecule has 0 unspecified atom stereocenters. The Morgan fingerprint density at radius 3 is 2.45 bits per heavy atom. The Balaban J connectivity index is 0.00000341. The van der Waals surface area contributed by atoms with Crippen molar-refractivity contribution in [3.8, 4) is 0 Å². The summed E-state index contributed by atoms with van der Waals surface area (Å²) in [7, 11) is 1.58. The summed E-state index contributed by atoms with van der Waals surface area (Å²) in [5.74, 6) is -0.672. The first-order chi connectivity index (χ1) is 14.1. The van der Waals surface area contributed by atoms with Crippen molar-refractivity contribution in [3.05, 3.63) is 63.5 Å². The number of fused-ring (bicyclic) bond motifs is 1. The summed E-state index contributed by atoms with van der Waals surface area (Å²) in [5.41, 5.74) is -1.17. The normalized spacial score (nSPS) is 11.6. The van der Waals surface area contributed by atoms with Crippen LogP contribution in [-0.4, -0.2) is 45.5 Å². The van der Waals surface area contributed by atoms with Gasteiger partial charge < -0.3 is 14.8 Å². The van der Waals surface area contributed by atoms with E-state index in [1.54, 1.807) is 13.1 Å². The van der Waals surface area contributed by atoms with Crippen molar-refractivity contribution in [2.45, 2.75) is 12.7 Å². The number of anilines is 1. The van der Waals surface area contributed by atoms with E-state index in [-0.39, 0.29) is 64.7 Å². The third kappa shape index (κ3) is 5.42. The fourth-order valence-electron chi connectivity index (χ4n) is 3.00. The second-order valence-electron chi connectivity index (χ2n) is 6.53. The van der Waals surface area contributed by atoms with Gasteiger partial charge in [0.05, 0.1) is 33.6 Å². The van der Waals surface area contributed by atoms with Crippen molar-refractivity contribution in [1.82, 2.24) is 14.3 Å². The third-order valence-corrected chi connectivity index (χ3v) is 4.99. The molecule has 0 aliphatic heterocycles. The third-order valence-electron chi connectivity index (χ3n) is 4.36. The minimum Gasteiger partial charge on any atom is -0.395 e. The van der Waals surface area contributed by atoms with Gasteiger partial charge in [0.15, 0.2) is 11.3 Å². The number of pyridine rings is 1. The number of imidazole rings is 1. The molecular formula is C19H18Cl3F3N4O2. The molecule has 0 spiro atoms. The molecule has 0 saturated heterocycles. The number of nitrogens with one attached hydrogen (secondary N) is 1. The summed E-state index contributed by atoms with van der Waals surface area (Å²) >= 11 is 12.1. The molecule has 31 heavy (non-hydrogen) atoms. The monoisotopic (exact) mass is 496 g/mol. The van der Waals surface area contributed by atoms with Gasteiger partial charge in [-0.3, -0.25) is 9.69 Å². The topological polar surface area (TPSA) is 69.9 Å². The van der Waals surface area contributed by atoms with E-state index in [0.29, 0.717) is 0 Å². The van der Waals surface area contributed by atoms with Crippen molar-refractivity contribution in [1.29, 1.82) is 0 Å². The number of benzene rings is 1. The van der Waals surface area contributed by atoms with Crippen molar-refractivity contribution >= 4 is 52.9 Å². The van der Waals surface area contributed by atoms with Gasteiger partial charge in [0.1, 0.15) is 0 Å². The Morgan fingerprint density at radius 2 is 1.87 bits per heavy atom.